The van der Waals surface area contributed by atoms with E-state index in [-0.39, 0.29) is 5.41 Å². The van der Waals surface area contributed by atoms with Crippen molar-refractivity contribution in [3.05, 3.63) is 11.4 Å². The van der Waals surface area contributed by atoms with Crippen molar-refractivity contribution in [1.82, 2.24) is 9.97 Å². The van der Waals surface area contributed by atoms with Crippen LogP contribution in [-0.2, 0) is 10.2 Å². The number of anilines is 1. The molecule has 1 atom stereocenters. The molecular formula is C16H27N3O2. The molecule has 1 fully saturated rings. The largest absolute Gasteiger partial charge is 0.477 e. The van der Waals surface area contributed by atoms with Crippen molar-refractivity contribution in [2.24, 2.45) is 5.92 Å². The first kappa shape index (κ1) is 16.0. The van der Waals surface area contributed by atoms with E-state index < -0.39 is 0 Å². The average molecular weight is 293 g/mol. The van der Waals surface area contributed by atoms with Crippen molar-refractivity contribution < 1.29 is 9.47 Å². The Kier molecular flexibility index (Phi) is 5.04. The highest BCUT2D eigenvalue weighted by Crippen LogP contribution is 2.28. The van der Waals surface area contributed by atoms with Crippen molar-refractivity contribution in [1.29, 1.82) is 0 Å². The molecule has 118 valence electrons. The van der Waals surface area contributed by atoms with Gasteiger partial charge in [0.15, 0.2) is 0 Å². The van der Waals surface area contributed by atoms with Gasteiger partial charge in [-0.15, -0.1) is 0 Å². The van der Waals surface area contributed by atoms with Crippen LogP contribution in [0.25, 0.3) is 0 Å². The maximum atomic E-state index is 5.97. The van der Waals surface area contributed by atoms with Crippen LogP contribution < -0.4 is 10.1 Å². The van der Waals surface area contributed by atoms with Gasteiger partial charge in [-0.05, 0) is 20.3 Å². The molecule has 1 aromatic heterocycles. The lowest BCUT2D eigenvalue weighted by atomic mass is 9.95. The number of hydrogen-bond donors (Lipinski definition) is 1. The van der Waals surface area contributed by atoms with Gasteiger partial charge >= 0.3 is 0 Å². The van der Waals surface area contributed by atoms with Gasteiger partial charge in [0.05, 0.1) is 18.8 Å². The Morgan fingerprint density at radius 1 is 1.33 bits per heavy atom. The number of nitrogens with one attached hydrogen (secondary N) is 1. The molecule has 0 aliphatic carbocycles. The highest BCUT2D eigenvalue weighted by Gasteiger charge is 2.23. The van der Waals surface area contributed by atoms with Crippen molar-refractivity contribution in [3.8, 4) is 5.88 Å². The van der Waals surface area contributed by atoms with Gasteiger partial charge in [-0.1, -0.05) is 20.8 Å². The molecule has 0 spiro atoms. The van der Waals surface area contributed by atoms with Crippen LogP contribution in [0.5, 0.6) is 5.88 Å². The Morgan fingerprint density at radius 2 is 2.10 bits per heavy atom. The van der Waals surface area contributed by atoms with E-state index in [0.29, 0.717) is 18.4 Å². The van der Waals surface area contributed by atoms with Gasteiger partial charge in [0.25, 0.3) is 0 Å². The number of hydrogen-bond acceptors (Lipinski definition) is 5. The second kappa shape index (κ2) is 6.60. The predicted octanol–water partition coefficient (Wildman–Crippen LogP) is 2.93. The summed E-state index contributed by atoms with van der Waals surface area (Å²) >= 11 is 0. The maximum absolute atomic E-state index is 5.97. The van der Waals surface area contributed by atoms with Crippen LogP contribution in [0.1, 0.15) is 45.5 Å². The molecule has 21 heavy (non-hydrogen) atoms. The van der Waals surface area contributed by atoms with Crippen molar-refractivity contribution in [2.45, 2.75) is 46.5 Å². The zero-order chi connectivity index (χ0) is 15.5. The quantitative estimate of drug-likeness (QED) is 0.904. The van der Waals surface area contributed by atoms with Crippen molar-refractivity contribution in [3.63, 3.8) is 0 Å². The summed E-state index contributed by atoms with van der Waals surface area (Å²) < 4.78 is 11.4. The van der Waals surface area contributed by atoms with E-state index in [4.69, 9.17) is 9.47 Å². The zero-order valence-corrected chi connectivity index (χ0v) is 13.8. The summed E-state index contributed by atoms with van der Waals surface area (Å²) in [7, 11) is 0. The fourth-order valence-corrected chi connectivity index (χ4v) is 2.22. The van der Waals surface area contributed by atoms with Crippen LogP contribution in [0.4, 0.5) is 5.82 Å². The number of aromatic nitrogens is 2. The molecule has 5 heteroatoms. The first-order valence-corrected chi connectivity index (χ1v) is 7.75. The number of nitrogens with zero attached hydrogens (tertiary/aromatic N) is 2. The van der Waals surface area contributed by atoms with E-state index >= 15 is 0 Å². The molecule has 1 unspecified atom stereocenters. The molecule has 1 aliphatic rings. The molecular weight excluding hydrogens is 266 g/mol. The minimum absolute atomic E-state index is 0.105. The van der Waals surface area contributed by atoms with Crippen molar-refractivity contribution >= 4 is 5.82 Å². The molecule has 5 nitrogen and oxygen atoms in total. The predicted molar refractivity (Wildman–Crippen MR) is 84.1 cm³/mol. The van der Waals surface area contributed by atoms with Crippen LogP contribution >= 0.6 is 0 Å². The summed E-state index contributed by atoms with van der Waals surface area (Å²) in [5, 5.41) is 3.30. The summed E-state index contributed by atoms with van der Waals surface area (Å²) in [6.45, 7) is 13.5. The Morgan fingerprint density at radius 3 is 2.67 bits per heavy atom. The van der Waals surface area contributed by atoms with E-state index in [9.17, 15) is 0 Å². The van der Waals surface area contributed by atoms with Gasteiger partial charge < -0.3 is 14.8 Å². The molecule has 1 aromatic rings. The van der Waals surface area contributed by atoms with Crippen LogP contribution in [0.3, 0.4) is 0 Å². The number of ether oxygens (including phenoxy) is 2. The molecule has 0 amide bonds. The molecule has 0 radical (unpaired) electrons. The second-order valence-electron chi connectivity index (χ2n) is 6.65. The third kappa shape index (κ3) is 4.06. The van der Waals surface area contributed by atoms with E-state index in [1.807, 2.05) is 6.92 Å². The molecule has 2 rings (SSSR count). The fourth-order valence-electron chi connectivity index (χ4n) is 2.22. The fraction of sp³-hybridized carbons (Fsp3) is 0.750. The standard InChI is InChI=1S/C16H27N3O2/c1-6-17-13-11(2)14(19-15(18-13)16(3,4)5)21-10-12-7-8-20-9-12/h12H,6-10H2,1-5H3,(H,17,18,19). The zero-order valence-electron chi connectivity index (χ0n) is 13.8. The Bertz CT molecular complexity index is 477. The topological polar surface area (TPSA) is 56.3 Å². The molecule has 0 bridgehead atoms. The summed E-state index contributed by atoms with van der Waals surface area (Å²) in [6.07, 6.45) is 1.07. The lowest BCUT2D eigenvalue weighted by Crippen LogP contribution is -2.20. The third-order valence-electron chi connectivity index (χ3n) is 3.60. The Labute approximate surface area is 127 Å². The van der Waals surface area contributed by atoms with Gasteiger partial charge in [0.1, 0.15) is 11.6 Å². The van der Waals surface area contributed by atoms with Crippen molar-refractivity contribution in [2.75, 3.05) is 31.7 Å². The lowest BCUT2D eigenvalue weighted by Gasteiger charge is -2.21. The van der Waals surface area contributed by atoms with Gasteiger partial charge in [0, 0.05) is 24.5 Å². The average Bonchev–Trinajstić information content (AvgIpc) is 2.91. The lowest BCUT2D eigenvalue weighted by molar-refractivity contribution is 0.165. The maximum Gasteiger partial charge on any atom is 0.221 e. The van der Waals surface area contributed by atoms with E-state index in [0.717, 1.165) is 43.4 Å². The summed E-state index contributed by atoms with van der Waals surface area (Å²) in [5.41, 5.74) is 0.871. The SMILES string of the molecule is CCNc1nc(C(C)(C)C)nc(OCC2CCOC2)c1C. The molecule has 0 saturated carbocycles. The summed E-state index contributed by atoms with van der Waals surface area (Å²) in [4.78, 5) is 9.28. The van der Waals surface area contributed by atoms with Gasteiger partial charge in [-0.3, -0.25) is 0 Å². The highest BCUT2D eigenvalue weighted by atomic mass is 16.5. The first-order valence-electron chi connectivity index (χ1n) is 7.75. The molecule has 1 N–H and O–H groups in total. The first-order chi connectivity index (χ1) is 9.91. The van der Waals surface area contributed by atoms with Crippen LogP contribution in [0, 0.1) is 12.8 Å². The van der Waals surface area contributed by atoms with E-state index in [1.165, 1.54) is 0 Å². The monoisotopic (exact) mass is 293 g/mol. The van der Waals surface area contributed by atoms with Gasteiger partial charge in [-0.2, -0.15) is 4.98 Å². The smallest absolute Gasteiger partial charge is 0.221 e. The minimum atomic E-state index is -0.105. The Hall–Kier alpha value is -1.36. The molecule has 0 aromatic carbocycles. The Balaban J connectivity index is 2.22. The van der Waals surface area contributed by atoms with Crippen LogP contribution in [0.2, 0.25) is 0 Å². The van der Waals surface area contributed by atoms with Gasteiger partial charge in [0.2, 0.25) is 5.88 Å². The normalized spacial score (nSPS) is 18.8. The molecule has 1 aliphatic heterocycles. The number of rotatable bonds is 5. The molecule has 2 heterocycles. The van der Waals surface area contributed by atoms with E-state index in [2.05, 4.69) is 43.0 Å². The van der Waals surface area contributed by atoms with E-state index in [1.54, 1.807) is 0 Å². The highest BCUT2D eigenvalue weighted by molar-refractivity contribution is 5.49. The summed E-state index contributed by atoms with van der Waals surface area (Å²) in [6, 6.07) is 0. The van der Waals surface area contributed by atoms with Gasteiger partial charge in [-0.25, -0.2) is 4.98 Å². The third-order valence-corrected chi connectivity index (χ3v) is 3.60. The molecule has 1 saturated heterocycles. The second-order valence-corrected chi connectivity index (χ2v) is 6.65. The van der Waals surface area contributed by atoms with Crippen LogP contribution in [-0.4, -0.2) is 36.3 Å². The van der Waals surface area contributed by atoms with Crippen LogP contribution in [0.15, 0.2) is 0 Å². The summed E-state index contributed by atoms with van der Waals surface area (Å²) in [5.74, 6) is 2.84. The minimum Gasteiger partial charge on any atom is -0.477 e.